The molecule has 0 spiro atoms. The Balaban J connectivity index is 3.00. The predicted octanol–water partition coefficient (Wildman–Crippen LogP) is -0.961. The van der Waals surface area contributed by atoms with Crippen LogP contribution in [-0.2, 0) is 28.6 Å². The molecule has 72 valence electrons. The average molecular weight is 216 g/mol. The first-order chi connectivity index (χ1) is 5.31. The van der Waals surface area contributed by atoms with Crippen LogP contribution >= 0.6 is 0 Å². The van der Waals surface area contributed by atoms with Crippen LogP contribution in [0.25, 0.3) is 0 Å². The van der Waals surface area contributed by atoms with Crippen molar-refractivity contribution in [1.29, 1.82) is 0 Å². The van der Waals surface area contributed by atoms with Crippen molar-refractivity contribution in [3.63, 3.8) is 0 Å². The Hall–Kier alpha value is -0.180. The molecule has 0 saturated carbocycles. The molecule has 0 N–H and O–H groups in total. The van der Waals surface area contributed by atoms with Gasteiger partial charge in [-0.2, -0.15) is 16.8 Å². The Morgan fingerprint density at radius 2 is 1.75 bits per heavy atom. The van der Waals surface area contributed by atoms with E-state index in [0.29, 0.717) is 0 Å². The van der Waals surface area contributed by atoms with Crippen molar-refractivity contribution in [3.05, 3.63) is 0 Å². The molecule has 0 aliphatic carbocycles. The SMILES string of the molecule is C[C@H]1COS(=O)(=O)CS(=O)(=O)O1. The van der Waals surface area contributed by atoms with E-state index in [4.69, 9.17) is 0 Å². The molecule has 0 unspecified atom stereocenters. The van der Waals surface area contributed by atoms with Gasteiger partial charge in [0.2, 0.25) is 5.08 Å². The van der Waals surface area contributed by atoms with Gasteiger partial charge in [0.1, 0.15) is 0 Å². The van der Waals surface area contributed by atoms with Gasteiger partial charge in [-0.15, -0.1) is 0 Å². The number of hydrogen-bond donors (Lipinski definition) is 0. The van der Waals surface area contributed by atoms with Crippen LogP contribution in [0.2, 0.25) is 0 Å². The van der Waals surface area contributed by atoms with E-state index in [1.807, 2.05) is 0 Å². The Morgan fingerprint density at radius 3 is 2.33 bits per heavy atom. The zero-order valence-corrected chi connectivity index (χ0v) is 7.89. The van der Waals surface area contributed by atoms with Gasteiger partial charge in [-0.05, 0) is 6.92 Å². The molecule has 12 heavy (non-hydrogen) atoms. The van der Waals surface area contributed by atoms with Gasteiger partial charge in [0, 0.05) is 0 Å². The Kier molecular flexibility index (Phi) is 2.43. The molecule has 1 heterocycles. The zero-order valence-electron chi connectivity index (χ0n) is 6.26. The Morgan fingerprint density at radius 1 is 1.17 bits per heavy atom. The van der Waals surface area contributed by atoms with Crippen molar-refractivity contribution in [2.45, 2.75) is 13.0 Å². The van der Waals surface area contributed by atoms with Gasteiger partial charge >= 0.3 is 0 Å². The highest BCUT2D eigenvalue weighted by molar-refractivity contribution is 8.03. The fourth-order valence-electron chi connectivity index (χ4n) is 0.716. The summed E-state index contributed by atoms with van der Waals surface area (Å²) in [4.78, 5) is 0. The number of hydrogen-bond acceptors (Lipinski definition) is 6. The molecule has 6 nitrogen and oxygen atoms in total. The van der Waals surface area contributed by atoms with Gasteiger partial charge in [-0.25, -0.2) is 0 Å². The predicted molar refractivity (Wildman–Crippen MR) is 39.2 cm³/mol. The highest BCUT2D eigenvalue weighted by Gasteiger charge is 2.30. The molecule has 0 aromatic carbocycles. The van der Waals surface area contributed by atoms with Crippen LogP contribution in [0.1, 0.15) is 6.92 Å². The lowest BCUT2D eigenvalue weighted by Crippen LogP contribution is -2.17. The molecular weight excluding hydrogens is 208 g/mol. The van der Waals surface area contributed by atoms with Crippen molar-refractivity contribution >= 4 is 20.2 Å². The zero-order chi connectivity index (χ0) is 9.41. The average Bonchev–Trinajstić information content (AvgIpc) is 1.86. The summed E-state index contributed by atoms with van der Waals surface area (Å²) in [5.41, 5.74) is 0. The molecular formula is C4H8O6S2. The van der Waals surface area contributed by atoms with E-state index >= 15 is 0 Å². The summed E-state index contributed by atoms with van der Waals surface area (Å²) in [6.07, 6.45) is -0.757. The third kappa shape index (κ3) is 2.70. The second-order valence-electron chi connectivity index (χ2n) is 2.42. The smallest absolute Gasteiger partial charge is 0.266 e. The van der Waals surface area contributed by atoms with Gasteiger partial charge in [-0.3, -0.25) is 8.37 Å². The molecule has 1 rings (SSSR count). The second kappa shape index (κ2) is 2.95. The summed E-state index contributed by atoms with van der Waals surface area (Å²) in [5, 5.41) is -1.11. The molecule has 1 saturated heterocycles. The normalized spacial score (nSPS) is 33.9. The first kappa shape index (κ1) is 9.90. The first-order valence-electron chi connectivity index (χ1n) is 3.09. The van der Waals surface area contributed by atoms with Crippen LogP contribution in [0.5, 0.6) is 0 Å². The Labute approximate surface area is 70.7 Å². The third-order valence-electron chi connectivity index (χ3n) is 1.08. The molecule has 1 aliphatic rings. The fourth-order valence-corrected chi connectivity index (χ4v) is 3.58. The van der Waals surface area contributed by atoms with Crippen molar-refractivity contribution in [3.8, 4) is 0 Å². The largest absolute Gasteiger partial charge is 0.284 e. The molecule has 1 atom stereocenters. The van der Waals surface area contributed by atoms with Crippen molar-refractivity contribution < 1.29 is 25.2 Å². The lowest BCUT2D eigenvalue weighted by atomic mass is 10.5. The first-order valence-corrected chi connectivity index (χ1v) is 6.24. The maximum absolute atomic E-state index is 10.8. The standard InChI is InChI=1S/C4H8O6S2/c1-4-2-9-11(5,6)3-12(7,8)10-4/h4H,2-3H2,1H3/t4-/m0/s1. The molecule has 0 aromatic heterocycles. The van der Waals surface area contributed by atoms with E-state index in [1.54, 1.807) is 0 Å². The molecule has 0 bridgehead atoms. The summed E-state index contributed by atoms with van der Waals surface area (Å²) in [6, 6.07) is 0. The van der Waals surface area contributed by atoms with Crippen molar-refractivity contribution in [1.82, 2.24) is 0 Å². The maximum Gasteiger partial charge on any atom is 0.284 e. The topological polar surface area (TPSA) is 86.7 Å². The quantitative estimate of drug-likeness (QED) is 0.485. The van der Waals surface area contributed by atoms with Gasteiger partial charge < -0.3 is 0 Å². The van der Waals surface area contributed by atoms with E-state index in [1.165, 1.54) is 6.92 Å². The van der Waals surface area contributed by atoms with E-state index in [9.17, 15) is 16.8 Å². The van der Waals surface area contributed by atoms with E-state index in [2.05, 4.69) is 8.37 Å². The highest BCUT2D eigenvalue weighted by atomic mass is 32.3. The van der Waals surface area contributed by atoms with Crippen LogP contribution in [-0.4, -0.2) is 34.6 Å². The summed E-state index contributed by atoms with van der Waals surface area (Å²) >= 11 is 0. The van der Waals surface area contributed by atoms with Gasteiger partial charge in [0.05, 0.1) is 12.7 Å². The molecule has 0 aromatic rings. The minimum Gasteiger partial charge on any atom is -0.266 e. The molecule has 1 aliphatic heterocycles. The summed E-state index contributed by atoms with van der Waals surface area (Å²) < 4.78 is 51.8. The van der Waals surface area contributed by atoms with Crippen molar-refractivity contribution in [2.24, 2.45) is 0 Å². The summed E-state index contributed by atoms with van der Waals surface area (Å²) in [6.45, 7) is 1.15. The fraction of sp³-hybridized carbons (Fsp3) is 1.00. The van der Waals surface area contributed by atoms with E-state index < -0.39 is 31.4 Å². The van der Waals surface area contributed by atoms with Crippen LogP contribution < -0.4 is 0 Å². The summed E-state index contributed by atoms with van der Waals surface area (Å²) in [7, 11) is -7.96. The van der Waals surface area contributed by atoms with Crippen LogP contribution in [0.15, 0.2) is 0 Å². The minimum atomic E-state index is -3.99. The van der Waals surface area contributed by atoms with Crippen molar-refractivity contribution in [2.75, 3.05) is 11.7 Å². The van der Waals surface area contributed by atoms with E-state index in [0.717, 1.165) is 0 Å². The van der Waals surface area contributed by atoms with Crippen LogP contribution in [0.3, 0.4) is 0 Å². The van der Waals surface area contributed by atoms with Gasteiger partial charge in [-0.1, -0.05) is 0 Å². The lowest BCUT2D eigenvalue weighted by molar-refractivity contribution is 0.162. The number of rotatable bonds is 0. The van der Waals surface area contributed by atoms with Gasteiger partial charge in [0.15, 0.2) is 0 Å². The molecule has 0 amide bonds. The Bertz CT molecular complexity index is 351. The third-order valence-corrected chi connectivity index (χ3v) is 4.51. The highest BCUT2D eigenvalue weighted by Crippen LogP contribution is 2.11. The second-order valence-corrected chi connectivity index (χ2v) is 6.03. The van der Waals surface area contributed by atoms with E-state index in [-0.39, 0.29) is 6.61 Å². The monoisotopic (exact) mass is 216 g/mol. The minimum absolute atomic E-state index is 0.262. The molecule has 1 fully saturated rings. The van der Waals surface area contributed by atoms with Gasteiger partial charge in [0.25, 0.3) is 20.2 Å². The molecule has 0 radical (unpaired) electrons. The maximum atomic E-state index is 10.8. The summed E-state index contributed by atoms with van der Waals surface area (Å²) in [5.74, 6) is 0. The van der Waals surface area contributed by atoms with Crippen LogP contribution in [0.4, 0.5) is 0 Å². The molecule has 8 heteroatoms. The lowest BCUT2D eigenvalue weighted by Gasteiger charge is -2.03. The van der Waals surface area contributed by atoms with Crippen LogP contribution in [0, 0.1) is 0 Å².